The maximum absolute atomic E-state index is 12.7. The van der Waals surface area contributed by atoms with Gasteiger partial charge in [-0.15, -0.1) is 0 Å². The van der Waals surface area contributed by atoms with Crippen molar-refractivity contribution in [1.82, 2.24) is 14.0 Å². The van der Waals surface area contributed by atoms with E-state index in [9.17, 15) is 31.2 Å². The van der Waals surface area contributed by atoms with Gasteiger partial charge in [0.05, 0.1) is 18.9 Å². The molecule has 1 atom stereocenters. The molecule has 2 aromatic rings. The van der Waals surface area contributed by atoms with Crippen LogP contribution in [0.3, 0.4) is 0 Å². The predicted molar refractivity (Wildman–Crippen MR) is 105 cm³/mol. The molecule has 0 aliphatic heterocycles. The number of aromatic nitrogens is 2. The van der Waals surface area contributed by atoms with Crippen LogP contribution in [0.4, 0.5) is 13.2 Å². The molecule has 2 rings (SSSR count). The lowest BCUT2D eigenvalue weighted by Crippen LogP contribution is -2.35. The van der Waals surface area contributed by atoms with Crippen molar-refractivity contribution in [3.8, 4) is 5.75 Å². The average molecular weight is 465 g/mol. The second-order valence-electron chi connectivity index (χ2n) is 6.56. The molecule has 9 nitrogen and oxygen atoms in total. The molecule has 1 heterocycles. The van der Waals surface area contributed by atoms with Gasteiger partial charge in [-0.25, -0.2) is 13.2 Å². The molecule has 1 N–H and O–H groups in total. The van der Waals surface area contributed by atoms with E-state index in [0.29, 0.717) is 5.56 Å². The van der Waals surface area contributed by atoms with E-state index in [1.807, 2.05) is 0 Å². The summed E-state index contributed by atoms with van der Waals surface area (Å²) in [6, 6.07) is 5.90. The second-order valence-corrected chi connectivity index (χ2v) is 8.50. The Labute approximate surface area is 176 Å². The van der Waals surface area contributed by atoms with E-state index in [4.69, 9.17) is 9.57 Å². The van der Waals surface area contributed by atoms with Crippen molar-refractivity contribution >= 4 is 10.0 Å². The number of aromatic amines is 1. The first-order valence-corrected chi connectivity index (χ1v) is 10.7. The molecule has 0 amide bonds. The first-order valence-electron chi connectivity index (χ1n) is 9.08. The Balaban J connectivity index is 2.08. The third kappa shape index (κ3) is 7.22. The van der Waals surface area contributed by atoms with E-state index >= 15 is 0 Å². The van der Waals surface area contributed by atoms with Gasteiger partial charge in [-0.1, -0.05) is 16.6 Å². The van der Waals surface area contributed by atoms with Gasteiger partial charge in [0.2, 0.25) is 10.0 Å². The lowest BCUT2D eigenvalue weighted by atomic mass is 10.1. The smallest absolute Gasteiger partial charge is 0.422 e. The van der Waals surface area contributed by atoms with Crippen LogP contribution in [0.15, 0.2) is 46.1 Å². The van der Waals surface area contributed by atoms with E-state index in [1.54, 1.807) is 0 Å². The summed E-state index contributed by atoms with van der Waals surface area (Å²) in [4.78, 5) is 29.8. The molecule has 0 saturated heterocycles. The fraction of sp³-hybridized carbons (Fsp3) is 0.444. The fourth-order valence-electron chi connectivity index (χ4n) is 2.79. The van der Waals surface area contributed by atoms with Crippen molar-refractivity contribution in [3.63, 3.8) is 0 Å². The summed E-state index contributed by atoms with van der Waals surface area (Å²) in [5, 5.41) is 0. The van der Waals surface area contributed by atoms with Crippen LogP contribution in [0.5, 0.6) is 5.75 Å². The van der Waals surface area contributed by atoms with Gasteiger partial charge < -0.3 is 9.30 Å². The van der Waals surface area contributed by atoms with Gasteiger partial charge >= 0.3 is 11.9 Å². The summed E-state index contributed by atoms with van der Waals surface area (Å²) in [6.45, 7) is 0.0825. The molecule has 172 valence electrons. The molecular formula is C18H22F3N3O6S. The Kier molecular flexibility index (Phi) is 8.03. The zero-order valence-corrected chi connectivity index (χ0v) is 17.6. The van der Waals surface area contributed by atoms with Gasteiger partial charge in [0.25, 0.3) is 5.56 Å². The highest BCUT2D eigenvalue weighted by atomic mass is 32.2. The molecule has 0 aliphatic carbocycles. The zero-order valence-electron chi connectivity index (χ0n) is 16.8. The second kappa shape index (κ2) is 10.1. The molecule has 1 aromatic heterocycles. The van der Waals surface area contributed by atoms with Gasteiger partial charge in [0.15, 0.2) is 6.61 Å². The monoisotopic (exact) mass is 465 g/mol. The van der Waals surface area contributed by atoms with Crippen LogP contribution in [0.25, 0.3) is 0 Å². The van der Waals surface area contributed by atoms with Crippen molar-refractivity contribution in [1.29, 1.82) is 0 Å². The van der Waals surface area contributed by atoms with Crippen molar-refractivity contribution in [2.45, 2.75) is 32.1 Å². The number of alkyl halides is 3. The minimum absolute atomic E-state index is 0.0432. The predicted octanol–water partition coefficient (Wildman–Crippen LogP) is 1.82. The van der Waals surface area contributed by atoms with Crippen molar-refractivity contribution in [3.05, 3.63) is 62.9 Å². The van der Waals surface area contributed by atoms with E-state index < -0.39 is 40.1 Å². The number of ether oxygens (including phenoxy) is 1. The average Bonchev–Trinajstić information content (AvgIpc) is 2.68. The molecule has 31 heavy (non-hydrogen) atoms. The number of nitrogens with zero attached hydrogens (tertiary/aromatic N) is 2. The fourth-order valence-corrected chi connectivity index (χ4v) is 4.30. The molecular weight excluding hydrogens is 443 g/mol. The number of hydrogen-bond acceptors (Lipinski definition) is 6. The normalized spacial score (nSPS) is 13.4. The molecule has 1 aromatic carbocycles. The van der Waals surface area contributed by atoms with Crippen LogP contribution in [0.1, 0.15) is 24.9 Å². The number of rotatable bonds is 10. The summed E-state index contributed by atoms with van der Waals surface area (Å²) in [6.07, 6.45) is -3.19. The Morgan fingerprint density at radius 1 is 1.23 bits per heavy atom. The number of H-pyrrole nitrogens is 1. The third-order valence-corrected chi connectivity index (χ3v) is 6.03. The van der Waals surface area contributed by atoms with Crippen molar-refractivity contribution < 1.29 is 31.2 Å². The molecule has 0 radical (unpaired) electrons. The highest BCUT2D eigenvalue weighted by molar-refractivity contribution is 7.88. The van der Waals surface area contributed by atoms with Crippen LogP contribution in [0, 0.1) is 0 Å². The number of sulfonamides is 1. The summed E-state index contributed by atoms with van der Waals surface area (Å²) in [5.41, 5.74) is -0.853. The lowest BCUT2D eigenvalue weighted by Gasteiger charge is -2.26. The molecule has 0 aliphatic rings. The Bertz CT molecular complexity index is 1100. The first kappa shape index (κ1) is 24.6. The minimum Gasteiger partial charge on any atom is -0.484 e. The van der Waals surface area contributed by atoms with Crippen LogP contribution in [0.2, 0.25) is 0 Å². The van der Waals surface area contributed by atoms with E-state index in [1.165, 1.54) is 42.0 Å². The van der Waals surface area contributed by atoms with Gasteiger partial charge in [0, 0.05) is 18.8 Å². The number of aryl methyl sites for hydroxylation is 1. The highest BCUT2D eigenvalue weighted by Crippen LogP contribution is 2.27. The number of halogens is 3. The molecule has 0 spiro atoms. The largest absolute Gasteiger partial charge is 0.484 e. The van der Waals surface area contributed by atoms with Crippen LogP contribution in [-0.2, 0) is 21.4 Å². The molecule has 0 unspecified atom stereocenters. The summed E-state index contributed by atoms with van der Waals surface area (Å²) in [7, 11) is -2.80. The Morgan fingerprint density at radius 2 is 1.94 bits per heavy atom. The van der Waals surface area contributed by atoms with Crippen LogP contribution < -0.4 is 16.0 Å². The Hall–Kier alpha value is -2.64. The standard InChI is InChI=1S/C18H22F3N3O6S/c1-13(14-5-3-6-15(11-14)30-12-18(19,20)21)24(29-2)31(27,28)10-4-8-23-9-7-16(25)22-17(23)26/h3,5-7,9,11,13H,4,8,10,12H2,1-2H3,(H,22,25,26)/t13-/m1/s1. The third-order valence-electron chi connectivity index (χ3n) is 4.21. The lowest BCUT2D eigenvalue weighted by molar-refractivity contribution is -0.153. The maximum atomic E-state index is 12.7. The van der Waals surface area contributed by atoms with Crippen LogP contribution >= 0.6 is 0 Å². The van der Waals surface area contributed by atoms with Crippen molar-refractivity contribution in [2.75, 3.05) is 19.5 Å². The van der Waals surface area contributed by atoms with Gasteiger partial charge in [-0.2, -0.15) is 13.2 Å². The van der Waals surface area contributed by atoms with E-state index in [0.717, 1.165) is 17.6 Å². The van der Waals surface area contributed by atoms with Gasteiger partial charge in [-0.05, 0) is 31.0 Å². The minimum atomic E-state index is -4.50. The SMILES string of the molecule is CON([C@H](C)c1cccc(OCC(F)(F)F)c1)S(=O)(=O)CCCn1ccc(=O)[nH]c1=O. The Morgan fingerprint density at radius 3 is 2.55 bits per heavy atom. The quantitative estimate of drug-likeness (QED) is 0.536. The first-order chi connectivity index (χ1) is 14.4. The summed E-state index contributed by atoms with van der Waals surface area (Å²) >= 11 is 0. The highest BCUT2D eigenvalue weighted by Gasteiger charge is 2.30. The number of hydrogen-bond donors (Lipinski definition) is 1. The number of hydroxylamine groups is 1. The summed E-state index contributed by atoms with van der Waals surface area (Å²) < 4.78 is 69.1. The molecule has 13 heteroatoms. The number of nitrogens with one attached hydrogen (secondary N) is 1. The van der Waals surface area contributed by atoms with Gasteiger partial charge in [0.1, 0.15) is 5.75 Å². The summed E-state index contributed by atoms with van der Waals surface area (Å²) in [5.74, 6) is -0.436. The molecule has 0 bridgehead atoms. The topological polar surface area (TPSA) is 111 Å². The van der Waals surface area contributed by atoms with Gasteiger partial charge in [-0.3, -0.25) is 14.6 Å². The zero-order chi connectivity index (χ0) is 23.2. The van der Waals surface area contributed by atoms with Crippen molar-refractivity contribution in [2.24, 2.45) is 0 Å². The molecule has 0 saturated carbocycles. The van der Waals surface area contributed by atoms with Crippen LogP contribution in [-0.4, -0.2) is 48.1 Å². The maximum Gasteiger partial charge on any atom is 0.422 e. The number of benzene rings is 1. The molecule has 0 fully saturated rings. The van der Waals surface area contributed by atoms with E-state index in [-0.39, 0.29) is 24.5 Å². The van der Waals surface area contributed by atoms with E-state index in [2.05, 4.69) is 4.98 Å².